The lowest BCUT2D eigenvalue weighted by atomic mass is 10.1. The largest absolute Gasteiger partial charge is 0.313 e. The van der Waals surface area contributed by atoms with Gasteiger partial charge in [0.15, 0.2) is 0 Å². The molecule has 5 rings (SSSR count). The van der Waals surface area contributed by atoms with Crippen LogP contribution in [0.25, 0.3) is 10.2 Å². The summed E-state index contributed by atoms with van der Waals surface area (Å²) in [6.45, 7) is 8.54. The molecule has 0 saturated heterocycles. The summed E-state index contributed by atoms with van der Waals surface area (Å²) in [5, 5.41) is 9.64. The minimum atomic E-state index is -0.0444. The maximum Gasteiger partial charge on any atom is 0.259 e. The molecule has 0 fully saturated rings. The summed E-state index contributed by atoms with van der Waals surface area (Å²) in [5.41, 5.74) is 2.30. The quantitative estimate of drug-likeness (QED) is 0.520. The first-order valence-electron chi connectivity index (χ1n) is 10.7. The molecular weight excluding hydrogens is 408 g/mol. The zero-order valence-electron chi connectivity index (χ0n) is 18.1. The van der Waals surface area contributed by atoms with Gasteiger partial charge >= 0.3 is 0 Å². The van der Waals surface area contributed by atoms with Crippen molar-refractivity contribution in [1.29, 1.82) is 0 Å². The summed E-state index contributed by atoms with van der Waals surface area (Å²) in [6, 6.07) is 10.5. The molecule has 7 nitrogen and oxygen atoms in total. The maximum absolute atomic E-state index is 12.7. The molecule has 31 heavy (non-hydrogen) atoms. The van der Waals surface area contributed by atoms with Crippen LogP contribution in [-0.2, 0) is 25.9 Å². The van der Waals surface area contributed by atoms with Crippen molar-refractivity contribution in [2.24, 2.45) is 0 Å². The van der Waals surface area contributed by atoms with Gasteiger partial charge < -0.3 is 9.55 Å². The minimum absolute atomic E-state index is 0.00182. The number of rotatable bonds is 5. The van der Waals surface area contributed by atoms with Crippen molar-refractivity contribution < 1.29 is 0 Å². The summed E-state index contributed by atoms with van der Waals surface area (Å²) >= 11 is 1.59. The number of hydrogen-bond acceptors (Lipinski definition) is 6. The number of aromatic amines is 1. The van der Waals surface area contributed by atoms with E-state index in [1.54, 1.807) is 11.3 Å². The van der Waals surface area contributed by atoms with Gasteiger partial charge in [-0.3, -0.25) is 9.69 Å². The molecule has 0 saturated carbocycles. The molecule has 0 spiro atoms. The molecule has 1 atom stereocenters. The highest BCUT2D eigenvalue weighted by Gasteiger charge is 2.27. The molecule has 4 heterocycles. The van der Waals surface area contributed by atoms with Crippen molar-refractivity contribution in [3.05, 3.63) is 74.2 Å². The van der Waals surface area contributed by atoms with E-state index in [1.807, 2.05) is 19.9 Å². The Morgan fingerprint density at radius 1 is 1.13 bits per heavy atom. The highest BCUT2D eigenvalue weighted by molar-refractivity contribution is 7.18. The lowest BCUT2D eigenvalue weighted by Gasteiger charge is -2.32. The van der Waals surface area contributed by atoms with Crippen LogP contribution in [-0.4, -0.2) is 36.2 Å². The van der Waals surface area contributed by atoms with Gasteiger partial charge in [-0.15, -0.1) is 21.5 Å². The van der Waals surface area contributed by atoms with Crippen LogP contribution in [0.5, 0.6) is 0 Å². The molecule has 1 aliphatic rings. The number of nitrogens with zero attached hydrogens (tertiary/aromatic N) is 5. The number of fused-ring (bicyclic) bond motifs is 2. The Morgan fingerprint density at radius 2 is 1.94 bits per heavy atom. The van der Waals surface area contributed by atoms with Crippen LogP contribution >= 0.6 is 11.3 Å². The summed E-state index contributed by atoms with van der Waals surface area (Å²) in [5.74, 6) is 2.74. The zero-order valence-corrected chi connectivity index (χ0v) is 18.9. The van der Waals surface area contributed by atoms with Crippen LogP contribution in [0, 0.1) is 13.8 Å². The van der Waals surface area contributed by atoms with E-state index in [2.05, 4.69) is 55.8 Å². The molecule has 160 valence electrons. The summed E-state index contributed by atoms with van der Waals surface area (Å²) in [7, 11) is 0. The van der Waals surface area contributed by atoms with E-state index >= 15 is 0 Å². The second-order valence-corrected chi connectivity index (χ2v) is 9.43. The summed E-state index contributed by atoms with van der Waals surface area (Å²) in [6.07, 6.45) is 1.85. The standard InChI is InChI=1S/C23H26N6OS/c1-14-16(3)31-23-20(14)22(30)24-21(25-23)15(2)28-11-12-29-18(26-27-19(29)13-28)10-9-17-7-5-4-6-8-17/h4-8,15H,9-13H2,1-3H3,(H,24,25,30)/t15-/m0/s1. The maximum atomic E-state index is 12.7. The predicted octanol–water partition coefficient (Wildman–Crippen LogP) is 3.55. The van der Waals surface area contributed by atoms with Gasteiger partial charge in [-0.1, -0.05) is 30.3 Å². The summed E-state index contributed by atoms with van der Waals surface area (Å²) in [4.78, 5) is 24.8. The van der Waals surface area contributed by atoms with Crippen LogP contribution in [0.1, 0.15) is 46.4 Å². The minimum Gasteiger partial charge on any atom is -0.313 e. The zero-order chi connectivity index (χ0) is 21.5. The first kappa shape index (κ1) is 20.1. The highest BCUT2D eigenvalue weighted by atomic mass is 32.1. The molecule has 0 amide bonds. The van der Waals surface area contributed by atoms with Gasteiger partial charge in [-0.05, 0) is 38.3 Å². The van der Waals surface area contributed by atoms with E-state index in [-0.39, 0.29) is 11.6 Å². The van der Waals surface area contributed by atoms with Crippen LogP contribution in [0.3, 0.4) is 0 Å². The molecule has 0 unspecified atom stereocenters. The number of aryl methyl sites for hydroxylation is 4. The van der Waals surface area contributed by atoms with E-state index in [0.717, 1.165) is 64.1 Å². The van der Waals surface area contributed by atoms with E-state index in [9.17, 15) is 4.79 Å². The molecule has 0 bridgehead atoms. The number of benzene rings is 1. The Hall–Kier alpha value is -2.84. The van der Waals surface area contributed by atoms with Gasteiger partial charge in [0.1, 0.15) is 22.3 Å². The molecule has 1 aliphatic heterocycles. The van der Waals surface area contributed by atoms with Crippen molar-refractivity contribution >= 4 is 21.6 Å². The molecule has 0 radical (unpaired) electrons. The molecule has 1 N–H and O–H groups in total. The van der Waals surface area contributed by atoms with Crippen LogP contribution in [0.15, 0.2) is 35.1 Å². The Labute approximate surface area is 184 Å². The normalized spacial score (nSPS) is 15.3. The van der Waals surface area contributed by atoms with E-state index < -0.39 is 0 Å². The molecule has 4 aromatic rings. The van der Waals surface area contributed by atoms with Crippen LogP contribution in [0.4, 0.5) is 0 Å². The van der Waals surface area contributed by atoms with Crippen molar-refractivity contribution in [2.75, 3.05) is 6.54 Å². The van der Waals surface area contributed by atoms with Gasteiger partial charge in [0, 0.05) is 24.4 Å². The SMILES string of the molecule is Cc1sc2nc([C@H](C)N3CCn4c(CCc5ccccc5)nnc4C3)[nH]c(=O)c2c1C. The highest BCUT2D eigenvalue weighted by Crippen LogP contribution is 2.28. The molecule has 1 aromatic carbocycles. The lowest BCUT2D eigenvalue weighted by molar-refractivity contribution is 0.156. The molecule has 0 aliphatic carbocycles. The number of hydrogen-bond donors (Lipinski definition) is 1. The van der Waals surface area contributed by atoms with E-state index in [0.29, 0.717) is 6.54 Å². The van der Waals surface area contributed by atoms with Gasteiger partial charge in [-0.25, -0.2) is 4.98 Å². The lowest BCUT2D eigenvalue weighted by Crippen LogP contribution is -2.37. The third kappa shape index (κ3) is 3.70. The van der Waals surface area contributed by atoms with Gasteiger partial charge in [-0.2, -0.15) is 0 Å². The number of aromatic nitrogens is 5. The summed E-state index contributed by atoms with van der Waals surface area (Å²) < 4.78 is 2.25. The van der Waals surface area contributed by atoms with Gasteiger partial charge in [0.05, 0.1) is 18.0 Å². The Balaban J connectivity index is 1.33. The van der Waals surface area contributed by atoms with E-state index in [1.165, 1.54) is 5.56 Å². The monoisotopic (exact) mass is 434 g/mol. The number of H-pyrrole nitrogens is 1. The first-order valence-corrected chi connectivity index (χ1v) is 11.5. The molecule has 3 aromatic heterocycles. The van der Waals surface area contributed by atoms with Crippen LogP contribution < -0.4 is 5.56 Å². The Bertz CT molecular complexity index is 1290. The number of nitrogens with one attached hydrogen (secondary N) is 1. The van der Waals surface area contributed by atoms with Gasteiger partial charge in [0.2, 0.25) is 0 Å². The van der Waals surface area contributed by atoms with Crippen molar-refractivity contribution in [1.82, 2.24) is 29.6 Å². The van der Waals surface area contributed by atoms with E-state index in [4.69, 9.17) is 4.98 Å². The fourth-order valence-electron chi connectivity index (χ4n) is 4.30. The fraction of sp³-hybridized carbons (Fsp3) is 0.391. The smallest absolute Gasteiger partial charge is 0.259 e. The number of thiophene rings is 1. The van der Waals surface area contributed by atoms with Crippen molar-refractivity contribution in [3.63, 3.8) is 0 Å². The topological polar surface area (TPSA) is 79.7 Å². The van der Waals surface area contributed by atoms with Crippen LogP contribution in [0.2, 0.25) is 0 Å². The third-order valence-electron chi connectivity index (χ3n) is 6.34. The second kappa shape index (κ2) is 8.01. The molecule has 8 heteroatoms. The van der Waals surface area contributed by atoms with Gasteiger partial charge in [0.25, 0.3) is 5.56 Å². The predicted molar refractivity (Wildman–Crippen MR) is 122 cm³/mol. The first-order chi connectivity index (χ1) is 15.0. The third-order valence-corrected chi connectivity index (χ3v) is 7.44. The van der Waals surface area contributed by atoms with Crippen molar-refractivity contribution in [3.8, 4) is 0 Å². The average Bonchev–Trinajstić information content (AvgIpc) is 3.32. The Kier molecular flexibility index (Phi) is 5.19. The fourth-order valence-corrected chi connectivity index (χ4v) is 5.33. The second-order valence-electron chi connectivity index (χ2n) is 8.23. The molecular formula is C23H26N6OS. The van der Waals surface area contributed by atoms with Crippen molar-refractivity contribution in [2.45, 2.75) is 52.7 Å². The Morgan fingerprint density at radius 3 is 2.74 bits per heavy atom. The average molecular weight is 435 g/mol.